The summed E-state index contributed by atoms with van der Waals surface area (Å²) >= 11 is 0. The van der Waals surface area contributed by atoms with Gasteiger partial charge in [-0.25, -0.2) is 0 Å². The number of anilines is 1. The predicted molar refractivity (Wildman–Crippen MR) is 97.4 cm³/mol. The number of methoxy groups -OCH3 is 1. The van der Waals surface area contributed by atoms with Crippen LogP contribution in [-0.2, 0) is 4.79 Å². The van der Waals surface area contributed by atoms with Crippen LogP contribution >= 0.6 is 0 Å². The molecule has 1 aliphatic rings. The molecule has 0 bridgehead atoms. The fraction of sp³-hybridized carbons (Fsp3) is 0.200. The Morgan fingerprint density at radius 3 is 2.81 bits per heavy atom. The Kier molecular flexibility index (Phi) is 5.09. The van der Waals surface area contributed by atoms with Crippen molar-refractivity contribution in [1.29, 1.82) is 5.26 Å². The minimum atomic E-state index is -0.480. The van der Waals surface area contributed by atoms with Crippen LogP contribution in [-0.4, -0.2) is 26.2 Å². The second kappa shape index (κ2) is 7.62. The summed E-state index contributed by atoms with van der Waals surface area (Å²) in [6.45, 7) is 2.81. The van der Waals surface area contributed by atoms with Crippen LogP contribution in [0.25, 0.3) is 6.08 Å². The van der Waals surface area contributed by atoms with Crippen molar-refractivity contribution in [3.05, 3.63) is 53.1 Å². The van der Waals surface area contributed by atoms with Gasteiger partial charge < -0.3 is 19.5 Å². The number of benzene rings is 2. The number of nitrogens with one attached hydrogen (secondary N) is 1. The van der Waals surface area contributed by atoms with Crippen LogP contribution < -0.4 is 19.5 Å². The molecule has 26 heavy (non-hydrogen) atoms. The van der Waals surface area contributed by atoms with Gasteiger partial charge in [0, 0.05) is 5.69 Å². The van der Waals surface area contributed by atoms with Gasteiger partial charge in [0.25, 0.3) is 5.91 Å². The van der Waals surface area contributed by atoms with E-state index >= 15 is 0 Å². The van der Waals surface area contributed by atoms with Gasteiger partial charge in [0.05, 0.1) is 7.11 Å². The Morgan fingerprint density at radius 1 is 1.27 bits per heavy atom. The zero-order valence-electron chi connectivity index (χ0n) is 14.5. The quantitative estimate of drug-likeness (QED) is 0.676. The van der Waals surface area contributed by atoms with Gasteiger partial charge in [-0.15, -0.1) is 0 Å². The van der Waals surface area contributed by atoms with Gasteiger partial charge in [0.1, 0.15) is 24.9 Å². The number of carbonyl (C=O) groups is 1. The fourth-order valence-electron chi connectivity index (χ4n) is 2.61. The summed E-state index contributed by atoms with van der Waals surface area (Å²) in [7, 11) is 1.52. The van der Waals surface area contributed by atoms with Crippen molar-refractivity contribution < 1.29 is 19.0 Å². The van der Waals surface area contributed by atoms with Crippen molar-refractivity contribution in [2.24, 2.45) is 0 Å². The Balaban J connectivity index is 1.89. The molecule has 2 aromatic carbocycles. The highest BCUT2D eigenvalue weighted by atomic mass is 16.6. The Hall–Kier alpha value is -3.46. The maximum absolute atomic E-state index is 12.4. The molecule has 0 spiro atoms. The number of hydrogen-bond acceptors (Lipinski definition) is 5. The predicted octanol–water partition coefficient (Wildman–Crippen LogP) is 3.32. The Bertz CT molecular complexity index is 895. The van der Waals surface area contributed by atoms with Crippen LogP contribution in [0.2, 0.25) is 0 Å². The molecule has 1 heterocycles. The lowest BCUT2D eigenvalue weighted by atomic mass is 10.1. The normalized spacial score (nSPS) is 12.9. The topological polar surface area (TPSA) is 80.6 Å². The number of rotatable bonds is 4. The average molecular weight is 350 g/mol. The van der Waals surface area contributed by atoms with E-state index in [0.29, 0.717) is 41.7 Å². The smallest absolute Gasteiger partial charge is 0.266 e. The standard InChI is InChI=1S/C20H18N2O4/c1-13-4-3-5-16(8-13)22-20(23)15(12-21)9-14-10-17(24-2)19-18(11-14)25-6-7-26-19/h3-5,8-11H,6-7H2,1-2H3,(H,22,23)/b15-9+. The molecular formula is C20H18N2O4. The lowest BCUT2D eigenvalue weighted by Crippen LogP contribution is -2.16. The molecule has 2 aromatic rings. The molecule has 1 amide bonds. The second-order valence-electron chi connectivity index (χ2n) is 5.74. The molecule has 0 radical (unpaired) electrons. The third-order valence-electron chi connectivity index (χ3n) is 3.80. The third-order valence-corrected chi connectivity index (χ3v) is 3.80. The number of carbonyl (C=O) groups excluding carboxylic acids is 1. The molecule has 0 saturated carbocycles. The molecule has 6 heteroatoms. The minimum absolute atomic E-state index is 0.0229. The van der Waals surface area contributed by atoms with Gasteiger partial charge >= 0.3 is 0 Å². The number of nitrogens with zero attached hydrogens (tertiary/aromatic N) is 1. The number of fused-ring (bicyclic) bond motifs is 1. The number of ether oxygens (including phenoxy) is 3. The van der Waals surface area contributed by atoms with Crippen molar-refractivity contribution in [2.75, 3.05) is 25.6 Å². The van der Waals surface area contributed by atoms with E-state index in [-0.39, 0.29) is 5.57 Å². The number of amides is 1. The molecule has 3 rings (SSSR count). The molecule has 0 aliphatic carbocycles. The van der Waals surface area contributed by atoms with Crippen LogP contribution in [0.3, 0.4) is 0 Å². The molecular weight excluding hydrogens is 332 g/mol. The summed E-state index contributed by atoms with van der Waals surface area (Å²) in [5.41, 5.74) is 2.24. The van der Waals surface area contributed by atoms with E-state index in [9.17, 15) is 10.1 Å². The highest BCUT2D eigenvalue weighted by Gasteiger charge is 2.19. The summed E-state index contributed by atoms with van der Waals surface area (Å²) in [6.07, 6.45) is 1.49. The average Bonchev–Trinajstić information content (AvgIpc) is 2.65. The molecule has 0 atom stereocenters. The first-order valence-electron chi connectivity index (χ1n) is 8.08. The van der Waals surface area contributed by atoms with Crippen LogP contribution in [0, 0.1) is 18.3 Å². The molecule has 0 unspecified atom stereocenters. The summed E-state index contributed by atoms with van der Waals surface area (Å²) in [5.74, 6) is 1.06. The highest BCUT2D eigenvalue weighted by molar-refractivity contribution is 6.09. The molecule has 1 aliphatic heterocycles. The molecule has 6 nitrogen and oxygen atoms in total. The zero-order chi connectivity index (χ0) is 18.5. The highest BCUT2D eigenvalue weighted by Crippen LogP contribution is 2.40. The first-order valence-corrected chi connectivity index (χ1v) is 8.08. The molecule has 0 aromatic heterocycles. The monoisotopic (exact) mass is 350 g/mol. The van der Waals surface area contributed by atoms with Crippen molar-refractivity contribution in [2.45, 2.75) is 6.92 Å². The zero-order valence-corrected chi connectivity index (χ0v) is 14.5. The van der Waals surface area contributed by atoms with Gasteiger partial charge in [-0.05, 0) is 48.4 Å². The summed E-state index contributed by atoms with van der Waals surface area (Å²) in [4.78, 5) is 12.4. The van der Waals surface area contributed by atoms with Crippen LogP contribution in [0.5, 0.6) is 17.2 Å². The first-order chi connectivity index (χ1) is 12.6. The Labute approximate surface area is 151 Å². The number of nitriles is 1. The maximum Gasteiger partial charge on any atom is 0.266 e. The van der Waals surface area contributed by atoms with Gasteiger partial charge in [-0.1, -0.05) is 12.1 Å². The van der Waals surface area contributed by atoms with Gasteiger partial charge in [-0.3, -0.25) is 4.79 Å². The van der Waals surface area contributed by atoms with Crippen LogP contribution in [0.1, 0.15) is 11.1 Å². The van der Waals surface area contributed by atoms with E-state index in [1.54, 1.807) is 18.2 Å². The molecule has 1 N–H and O–H groups in total. The van der Waals surface area contributed by atoms with E-state index in [1.807, 2.05) is 31.2 Å². The van der Waals surface area contributed by atoms with E-state index in [2.05, 4.69) is 5.32 Å². The first kappa shape index (κ1) is 17.4. The lowest BCUT2D eigenvalue weighted by molar-refractivity contribution is -0.112. The van der Waals surface area contributed by atoms with Crippen LogP contribution in [0.15, 0.2) is 42.0 Å². The summed E-state index contributed by atoms with van der Waals surface area (Å²) < 4.78 is 16.4. The summed E-state index contributed by atoms with van der Waals surface area (Å²) in [6, 6.07) is 12.7. The Morgan fingerprint density at radius 2 is 2.08 bits per heavy atom. The van der Waals surface area contributed by atoms with Crippen molar-refractivity contribution in [3.8, 4) is 23.3 Å². The maximum atomic E-state index is 12.4. The van der Waals surface area contributed by atoms with E-state index in [4.69, 9.17) is 14.2 Å². The summed E-state index contributed by atoms with van der Waals surface area (Å²) in [5, 5.41) is 12.1. The molecule has 0 fully saturated rings. The molecule has 132 valence electrons. The fourth-order valence-corrected chi connectivity index (χ4v) is 2.61. The number of hydrogen-bond donors (Lipinski definition) is 1. The van der Waals surface area contributed by atoms with Crippen molar-refractivity contribution >= 4 is 17.7 Å². The van der Waals surface area contributed by atoms with Crippen molar-refractivity contribution in [3.63, 3.8) is 0 Å². The van der Waals surface area contributed by atoms with Gasteiger partial charge in [-0.2, -0.15) is 5.26 Å². The van der Waals surface area contributed by atoms with Gasteiger partial charge in [0.2, 0.25) is 5.75 Å². The van der Waals surface area contributed by atoms with E-state index < -0.39 is 5.91 Å². The van der Waals surface area contributed by atoms with E-state index in [0.717, 1.165) is 5.56 Å². The second-order valence-corrected chi connectivity index (χ2v) is 5.74. The lowest BCUT2D eigenvalue weighted by Gasteiger charge is -2.21. The largest absolute Gasteiger partial charge is 0.493 e. The van der Waals surface area contributed by atoms with Crippen LogP contribution in [0.4, 0.5) is 5.69 Å². The van der Waals surface area contributed by atoms with Crippen molar-refractivity contribution in [1.82, 2.24) is 0 Å². The minimum Gasteiger partial charge on any atom is -0.493 e. The van der Waals surface area contributed by atoms with Gasteiger partial charge in [0.15, 0.2) is 11.5 Å². The number of aryl methyl sites for hydroxylation is 1. The third kappa shape index (κ3) is 3.78. The SMILES string of the molecule is COc1cc(/C=C(\C#N)C(=O)Nc2cccc(C)c2)cc2c1OCCO2. The molecule has 0 saturated heterocycles. The van der Waals surface area contributed by atoms with E-state index in [1.165, 1.54) is 13.2 Å².